The van der Waals surface area contributed by atoms with Crippen molar-refractivity contribution in [3.63, 3.8) is 0 Å². The fourth-order valence-corrected chi connectivity index (χ4v) is 3.13. The summed E-state index contributed by atoms with van der Waals surface area (Å²) in [4.78, 5) is 8.84. The Morgan fingerprint density at radius 2 is 1.86 bits per heavy atom. The van der Waals surface area contributed by atoms with Gasteiger partial charge in [0.2, 0.25) is 5.95 Å². The molecule has 0 atom stereocenters. The lowest BCUT2D eigenvalue weighted by atomic mass is 10.1. The lowest BCUT2D eigenvalue weighted by molar-refractivity contribution is -0.274. The second-order valence-electron chi connectivity index (χ2n) is 6.15. The molecular formula is C20H18BrF3N4O. The van der Waals surface area contributed by atoms with Crippen LogP contribution in [0, 0.1) is 6.92 Å². The summed E-state index contributed by atoms with van der Waals surface area (Å²) >= 11 is 3.43. The van der Waals surface area contributed by atoms with Crippen LogP contribution in [-0.2, 0) is 0 Å². The predicted octanol–water partition coefficient (Wildman–Crippen LogP) is 6.29. The van der Waals surface area contributed by atoms with Crippen LogP contribution in [0.15, 0.2) is 53.0 Å². The molecule has 3 aromatic rings. The third-order valence-electron chi connectivity index (χ3n) is 3.88. The number of nitrogens with zero attached hydrogens (tertiary/aromatic N) is 2. The van der Waals surface area contributed by atoms with Crippen molar-refractivity contribution in [2.75, 3.05) is 17.2 Å². The van der Waals surface area contributed by atoms with Crippen molar-refractivity contribution in [2.24, 2.45) is 0 Å². The second kappa shape index (κ2) is 8.69. The van der Waals surface area contributed by atoms with E-state index >= 15 is 0 Å². The summed E-state index contributed by atoms with van der Waals surface area (Å²) in [7, 11) is 0. The molecular weight excluding hydrogens is 449 g/mol. The molecule has 2 aromatic carbocycles. The topological polar surface area (TPSA) is 59.1 Å². The molecule has 29 heavy (non-hydrogen) atoms. The maximum atomic E-state index is 12.5. The van der Waals surface area contributed by atoms with Crippen molar-refractivity contribution in [2.45, 2.75) is 20.2 Å². The zero-order valence-electron chi connectivity index (χ0n) is 15.6. The Balaban J connectivity index is 1.98. The summed E-state index contributed by atoms with van der Waals surface area (Å²) < 4.78 is 42.6. The van der Waals surface area contributed by atoms with Gasteiger partial charge in [-0.1, -0.05) is 28.1 Å². The normalized spacial score (nSPS) is 11.2. The molecule has 0 spiro atoms. The van der Waals surface area contributed by atoms with E-state index in [1.165, 1.54) is 18.2 Å². The Bertz CT molecular complexity index is 1010. The quantitative estimate of drug-likeness (QED) is 0.447. The van der Waals surface area contributed by atoms with Crippen LogP contribution in [-0.4, -0.2) is 22.9 Å². The largest absolute Gasteiger partial charge is 0.573 e. The molecule has 1 aromatic heterocycles. The molecule has 0 bridgehead atoms. The summed E-state index contributed by atoms with van der Waals surface area (Å²) in [6, 6.07) is 13.1. The summed E-state index contributed by atoms with van der Waals surface area (Å²) in [6.45, 7) is 4.45. The van der Waals surface area contributed by atoms with E-state index in [1.807, 2.05) is 32.0 Å². The van der Waals surface area contributed by atoms with Crippen molar-refractivity contribution in [3.05, 3.63) is 58.6 Å². The molecule has 0 aliphatic carbocycles. The first-order chi connectivity index (χ1) is 13.7. The lowest BCUT2D eigenvalue weighted by Gasteiger charge is -2.13. The van der Waals surface area contributed by atoms with Crippen molar-refractivity contribution in [1.82, 2.24) is 9.97 Å². The van der Waals surface area contributed by atoms with Crippen LogP contribution in [0.25, 0.3) is 11.3 Å². The monoisotopic (exact) mass is 466 g/mol. The molecule has 0 saturated heterocycles. The third-order valence-corrected chi connectivity index (χ3v) is 4.37. The molecule has 0 aliphatic rings. The van der Waals surface area contributed by atoms with Gasteiger partial charge >= 0.3 is 6.36 Å². The average molecular weight is 467 g/mol. The van der Waals surface area contributed by atoms with Crippen LogP contribution in [0.3, 0.4) is 0 Å². The van der Waals surface area contributed by atoms with Crippen LogP contribution < -0.4 is 15.4 Å². The van der Waals surface area contributed by atoms with Gasteiger partial charge in [-0.3, -0.25) is 0 Å². The Morgan fingerprint density at radius 3 is 2.55 bits per heavy atom. The molecule has 152 valence electrons. The van der Waals surface area contributed by atoms with E-state index in [2.05, 4.69) is 41.3 Å². The summed E-state index contributed by atoms with van der Waals surface area (Å²) in [6.07, 6.45) is -4.76. The highest BCUT2D eigenvalue weighted by atomic mass is 79.9. The molecule has 0 aliphatic heterocycles. The molecule has 0 amide bonds. The minimum Gasteiger partial charge on any atom is -0.406 e. The second-order valence-corrected chi connectivity index (χ2v) is 7.07. The van der Waals surface area contributed by atoms with Gasteiger partial charge in [-0.25, -0.2) is 4.98 Å². The first kappa shape index (κ1) is 20.9. The van der Waals surface area contributed by atoms with Crippen LogP contribution in [0.2, 0.25) is 0 Å². The SMILES string of the molecule is CCNc1nc(Nc2ccc(Br)cc2C)cc(-c2cccc(OC(F)(F)F)c2)n1. The fraction of sp³-hybridized carbons (Fsp3) is 0.200. The minimum atomic E-state index is -4.76. The number of aryl methyl sites for hydroxylation is 1. The number of nitrogens with one attached hydrogen (secondary N) is 2. The number of hydrogen-bond acceptors (Lipinski definition) is 5. The maximum Gasteiger partial charge on any atom is 0.573 e. The molecule has 1 heterocycles. The van der Waals surface area contributed by atoms with Gasteiger partial charge < -0.3 is 15.4 Å². The Kier molecular flexibility index (Phi) is 6.26. The number of halogens is 4. The van der Waals surface area contributed by atoms with E-state index in [0.29, 0.717) is 29.6 Å². The zero-order valence-corrected chi connectivity index (χ0v) is 17.2. The molecule has 9 heteroatoms. The Morgan fingerprint density at radius 1 is 1.07 bits per heavy atom. The van der Waals surface area contributed by atoms with Gasteiger partial charge in [-0.15, -0.1) is 13.2 Å². The van der Waals surface area contributed by atoms with Crippen molar-refractivity contribution in [1.29, 1.82) is 0 Å². The summed E-state index contributed by atoms with van der Waals surface area (Å²) in [5.74, 6) is 0.569. The fourth-order valence-electron chi connectivity index (χ4n) is 2.65. The molecule has 0 unspecified atom stereocenters. The average Bonchev–Trinajstić information content (AvgIpc) is 2.63. The molecule has 0 saturated carbocycles. The van der Waals surface area contributed by atoms with Crippen LogP contribution >= 0.6 is 15.9 Å². The lowest BCUT2D eigenvalue weighted by Crippen LogP contribution is -2.17. The highest BCUT2D eigenvalue weighted by Crippen LogP contribution is 2.30. The Hall–Kier alpha value is -2.81. The molecule has 0 radical (unpaired) electrons. The number of ether oxygens (including phenoxy) is 1. The van der Waals surface area contributed by atoms with E-state index in [-0.39, 0.29) is 5.75 Å². The summed E-state index contributed by atoms with van der Waals surface area (Å²) in [5.41, 5.74) is 2.80. The van der Waals surface area contributed by atoms with Crippen LogP contribution in [0.4, 0.5) is 30.6 Å². The minimum absolute atomic E-state index is 0.308. The van der Waals surface area contributed by atoms with E-state index in [4.69, 9.17) is 0 Å². The maximum absolute atomic E-state index is 12.5. The highest BCUT2D eigenvalue weighted by molar-refractivity contribution is 9.10. The number of benzene rings is 2. The standard InChI is InChI=1S/C20H18BrF3N4O/c1-3-25-19-27-17(13-5-4-6-15(10-13)29-20(22,23)24)11-18(28-19)26-16-8-7-14(21)9-12(16)2/h4-11H,3H2,1-2H3,(H2,25,26,27,28). The van der Waals surface area contributed by atoms with Gasteiger partial charge in [0.15, 0.2) is 0 Å². The smallest absolute Gasteiger partial charge is 0.406 e. The van der Waals surface area contributed by atoms with E-state index in [9.17, 15) is 13.2 Å². The summed E-state index contributed by atoms with van der Waals surface area (Å²) in [5, 5.41) is 6.28. The molecule has 3 rings (SSSR count). The van der Waals surface area contributed by atoms with E-state index in [1.54, 1.807) is 12.1 Å². The number of alkyl halides is 3. The number of hydrogen-bond donors (Lipinski definition) is 2. The van der Waals surface area contributed by atoms with Gasteiger partial charge in [-0.05, 0) is 49.7 Å². The van der Waals surface area contributed by atoms with Gasteiger partial charge in [0.1, 0.15) is 11.6 Å². The van der Waals surface area contributed by atoms with Crippen molar-refractivity contribution < 1.29 is 17.9 Å². The van der Waals surface area contributed by atoms with Gasteiger partial charge in [0, 0.05) is 28.3 Å². The van der Waals surface area contributed by atoms with Crippen molar-refractivity contribution in [3.8, 4) is 17.0 Å². The number of anilines is 3. The first-order valence-electron chi connectivity index (χ1n) is 8.76. The van der Waals surface area contributed by atoms with Crippen LogP contribution in [0.1, 0.15) is 12.5 Å². The van der Waals surface area contributed by atoms with Crippen LogP contribution in [0.5, 0.6) is 5.75 Å². The molecule has 5 nitrogen and oxygen atoms in total. The highest BCUT2D eigenvalue weighted by Gasteiger charge is 2.31. The first-order valence-corrected chi connectivity index (χ1v) is 9.55. The van der Waals surface area contributed by atoms with Gasteiger partial charge in [-0.2, -0.15) is 4.98 Å². The molecule has 2 N–H and O–H groups in total. The number of aromatic nitrogens is 2. The zero-order chi connectivity index (χ0) is 21.0. The Labute approximate surface area is 174 Å². The third kappa shape index (κ3) is 5.83. The predicted molar refractivity (Wildman–Crippen MR) is 110 cm³/mol. The van der Waals surface area contributed by atoms with Crippen molar-refractivity contribution >= 4 is 33.4 Å². The van der Waals surface area contributed by atoms with E-state index < -0.39 is 6.36 Å². The molecule has 0 fully saturated rings. The number of rotatable bonds is 6. The van der Waals surface area contributed by atoms with Gasteiger partial charge in [0.05, 0.1) is 5.69 Å². The van der Waals surface area contributed by atoms with Gasteiger partial charge in [0.25, 0.3) is 0 Å². The van der Waals surface area contributed by atoms with E-state index in [0.717, 1.165) is 15.7 Å².